The minimum absolute atomic E-state index is 0.0776. The summed E-state index contributed by atoms with van der Waals surface area (Å²) >= 11 is 0. The van der Waals surface area contributed by atoms with Gasteiger partial charge in [0.05, 0.1) is 17.8 Å². The highest BCUT2D eigenvalue weighted by Crippen LogP contribution is 2.30. The Bertz CT molecular complexity index is 875. The van der Waals surface area contributed by atoms with Crippen LogP contribution in [0.1, 0.15) is 27.5 Å². The fourth-order valence-corrected chi connectivity index (χ4v) is 3.28. The highest BCUT2D eigenvalue weighted by molar-refractivity contribution is 6.09. The summed E-state index contributed by atoms with van der Waals surface area (Å²) in [6.45, 7) is 3.08. The van der Waals surface area contributed by atoms with Crippen LogP contribution < -0.4 is 0 Å². The SMILES string of the molecule is Cc1ncoc1CN1CCc2c(c3ccccc3n2C)C1=O. The Morgan fingerprint density at radius 3 is 2.91 bits per heavy atom. The average Bonchev–Trinajstić information content (AvgIpc) is 3.05. The van der Waals surface area contributed by atoms with Crippen LogP contribution in [-0.4, -0.2) is 26.9 Å². The second-order valence-corrected chi connectivity index (χ2v) is 5.74. The molecule has 0 saturated carbocycles. The largest absolute Gasteiger partial charge is 0.446 e. The quantitative estimate of drug-likeness (QED) is 0.730. The Balaban J connectivity index is 1.77. The minimum Gasteiger partial charge on any atom is -0.446 e. The maximum Gasteiger partial charge on any atom is 0.256 e. The number of para-hydroxylation sites is 1. The standard InChI is InChI=1S/C17H17N3O2/c1-11-15(22-10-18-11)9-20-8-7-14-16(17(20)21)12-5-3-4-6-13(12)19(14)2/h3-6,10H,7-9H2,1-2H3. The van der Waals surface area contributed by atoms with E-state index < -0.39 is 0 Å². The summed E-state index contributed by atoms with van der Waals surface area (Å²) in [5, 5.41) is 1.03. The molecule has 0 unspecified atom stereocenters. The molecule has 0 N–H and O–H groups in total. The molecule has 0 atom stereocenters. The van der Waals surface area contributed by atoms with Crippen LogP contribution in [0.15, 0.2) is 35.1 Å². The number of hydrogen-bond acceptors (Lipinski definition) is 3. The van der Waals surface area contributed by atoms with Gasteiger partial charge in [0.2, 0.25) is 0 Å². The molecule has 0 radical (unpaired) electrons. The van der Waals surface area contributed by atoms with Gasteiger partial charge in [-0.05, 0) is 13.0 Å². The van der Waals surface area contributed by atoms with Crippen LogP contribution in [0.25, 0.3) is 10.9 Å². The third-order valence-electron chi connectivity index (χ3n) is 4.53. The van der Waals surface area contributed by atoms with Crippen molar-refractivity contribution in [3.63, 3.8) is 0 Å². The molecule has 22 heavy (non-hydrogen) atoms. The minimum atomic E-state index is 0.0776. The molecule has 0 aliphatic carbocycles. The van der Waals surface area contributed by atoms with E-state index in [2.05, 4.69) is 15.6 Å². The topological polar surface area (TPSA) is 51.3 Å². The van der Waals surface area contributed by atoms with E-state index in [4.69, 9.17) is 4.42 Å². The van der Waals surface area contributed by atoms with Crippen LogP contribution in [-0.2, 0) is 20.0 Å². The molecule has 1 aliphatic heterocycles. The molecular weight excluding hydrogens is 278 g/mol. The summed E-state index contributed by atoms with van der Waals surface area (Å²) in [7, 11) is 2.03. The highest BCUT2D eigenvalue weighted by atomic mass is 16.3. The van der Waals surface area contributed by atoms with Gasteiger partial charge < -0.3 is 13.9 Å². The molecular formula is C17H17N3O2. The zero-order valence-corrected chi connectivity index (χ0v) is 12.7. The molecule has 112 valence electrons. The molecule has 0 bridgehead atoms. The zero-order chi connectivity index (χ0) is 15.3. The fourth-order valence-electron chi connectivity index (χ4n) is 3.28. The molecule has 0 saturated heterocycles. The average molecular weight is 295 g/mol. The van der Waals surface area contributed by atoms with E-state index in [9.17, 15) is 4.79 Å². The molecule has 5 heteroatoms. The van der Waals surface area contributed by atoms with E-state index in [-0.39, 0.29) is 5.91 Å². The Morgan fingerprint density at radius 1 is 1.32 bits per heavy atom. The lowest BCUT2D eigenvalue weighted by Gasteiger charge is -2.27. The highest BCUT2D eigenvalue weighted by Gasteiger charge is 2.30. The van der Waals surface area contributed by atoms with Crippen molar-refractivity contribution in [1.29, 1.82) is 0 Å². The van der Waals surface area contributed by atoms with E-state index in [0.29, 0.717) is 13.1 Å². The van der Waals surface area contributed by atoms with Gasteiger partial charge in [-0.1, -0.05) is 18.2 Å². The number of aromatic nitrogens is 2. The van der Waals surface area contributed by atoms with E-state index >= 15 is 0 Å². The number of carbonyl (C=O) groups excluding carboxylic acids is 1. The van der Waals surface area contributed by atoms with E-state index in [1.807, 2.05) is 37.1 Å². The zero-order valence-electron chi connectivity index (χ0n) is 12.7. The number of rotatable bonds is 2. The van der Waals surface area contributed by atoms with Crippen LogP contribution in [0.3, 0.4) is 0 Å². The summed E-state index contributed by atoms with van der Waals surface area (Å²) in [5.74, 6) is 0.839. The molecule has 3 heterocycles. The normalized spacial score (nSPS) is 14.6. The van der Waals surface area contributed by atoms with Gasteiger partial charge in [0, 0.05) is 36.6 Å². The van der Waals surface area contributed by atoms with E-state index in [1.54, 1.807) is 0 Å². The summed E-state index contributed by atoms with van der Waals surface area (Å²) in [5.41, 5.74) is 3.91. The van der Waals surface area contributed by atoms with Crippen molar-refractivity contribution in [3.8, 4) is 0 Å². The number of amides is 1. The summed E-state index contributed by atoms with van der Waals surface area (Å²) in [4.78, 5) is 18.9. The van der Waals surface area contributed by atoms with Crippen LogP contribution in [0.4, 0.5) is 0 Å². The van der Waals surface area contributed by atoms with Gasteiger partial charge in [-0.15, -0.1) is 0 Å². The summed E-state index contributed by atoms with van der Waals surface area (Å²) in [6.07, 6.45) is 2.29. The monoisotopic (exact) mass is 295 g/mol. The molecule has 2 aromatic heterocycles. The van der Waals surface area contributed by atoms with Gasteiger partial charge in [0.1, 0.15) is 5.76 Å². The Morgan fingerprint density at radius 2 is 2.14 bits per heavy atom. The Kier molecular flexibility index (Phi) is 2.82. The molecule has 4 rings (SSSR count). The van der Waals surface area contributed by atoms with E-state index in [1.165, 1.54) is 6.39 Å². The van der Waals surface area contributed by atoms with Crippen LogP contribution >= 0.6 is 0 Å². The first-order valence-electron chi connectivity index (χ1n) is 7.41. The third-order valence-corrected chi connectivity index (χ3v) is 4.53. The number of fused-ring (bicyclic) bond motifs is 3. The Labute approximate surface area is 128 Å². The second kappa shape index (κ2) is 4.73. The van der Waals surface area contributed by atoms with Crippen molar-refractivity contribution in [2.45, 2.75) is 19.9 Å². The molecule has 5 nitrogen and oxygen atoms in total. The fraction of sp³-hybridized carbons (Fsp3) is 0.294. The molecule has 1 aliphatic rings. The molecule has 0 spiro atoms. The first kappa shape index (κ1) is 13.1. The van der Waals surface area contributed by atoms with Gasteiger partial charge in [-0.25, -0.2) is 4.98 Å². The molecule has 3 aromatic rings. The van der Waals surface area contributed by atoms with Crippen molar-refractivity contribution in [2.24, 2.45) is 7.05 Å². The lowest BCUT2D eigenvalue weighted by Crippen LogP contribution is -2.37. The van der Waals surface area contributed by atoms with Gasteiger partial charge in [0.15, 0.2) is 6.39 Å². The number of hydrogen-bond donors (Lipinski definition) is 0. The smallest absolute Gasteiger partial charge is 0.256 e. The first-order valence-corrected chi connectivity index (χ1v) is 7.41. The van der Waals surface area contributed by atoms with Gasteiger partial charge in [-0.2, -0.15) is 0 Å². The molecule has 1 amide bonds. The number of benzene rings is 1. The van der Waals surface area contributed by atoms with Crippen molar-refractivity contribution in [3.05, 3.63) is 53.4 Å². The lowest BCUT2D eigenvalue weighted by atomic mass is 10.0. The van der Waals surface area contributed by atoms with Crippen molar-refractivity contribution in [1.82, 2.24) is 14.5 Å². The second-order valence-electron chi connectivity index (χ2n) is 5.74. The maximum atomic E-state index is 12.9. The predicted octanol–water partition coefficient (Wildman–Crippen LogP) is 2.67. The van der Waals surface area contributed by atoms with Gasteiger partial charge in [0.25, 0.3) is 5.91 Å². The maximum absolute atomic E-state index is 12.9. The number of carbonyl (C=O) groups is 1. The summed E-state index contributed by atoms with van der Waals surface area (Å²) < 4.78 is 7.52. The third kappa shape index (κ3) is 1.78. The number of nitrogens with zero attached hydrogens (tertiary/aromatic N) is 3. The molecule has 0 fully saturated rings. The van der Waals surface area contributed by atoms with Gasteiger partial charge >= 0.3 is 0 Å². The van der Waals surface area contributed by atoms with Crippen molar-refractivity contribution < 1.29 is 9.21 Å². The molecule has 1 aromatic carbocycles. The van der Waals surface area contributed by atoms with Crippen molar-refractivity contribution in [2.75, 3.05) is 6.54 Å². The lowest BCUT2D eigenvalue weighted by molar-refractivity contribution is 0.0715. The van der Waals surface area contributed by atoms with E-state index in [0.717, 1.165) is 40.0 Å². The number of aryl methyl sites for hydroxylation is 2. The Hall–Kier alpha value is -2.56. The van der Waals surface area contributed by atoms with Crippen LogP contribution in [0.2, 0.25) is 0 Å². The van der Waals surface area contributed by atoms with Gasteiger partial charge in [-0.3, -0.25) is 4.79 Å². The van der Waals surface area contributed by atoms with Crippen molar-refractivity contribution >= 4 is 16.8 Å². The first-order chi connectivity index (χ1) is 10.7. The summed E-state index contributed by atoms with van der Waals surface area (Å²) in [6, 6.07) is 8.07. The number of oxazole rings is 1. The predicted molar refractivity (Wildman–Crippen MR) is 82.6 cm³/mol. The van der Waals surface area contributed by atoms with Crippen LogP contribution in [0.5, 0.6) is 0 Å². The van der Waals surface area contributed by atoms with Crippen LogP contribution in [0, 0.1) is 6.92 Å².